The van der Waals surface area contributed by atoms with Gasteiger partial charge in [-0.2, -0.15) is 0 Å². The topological polar surface area (TPSA) is 8.17 Å². The number of benzene rings is 9. The van der Waals surface area contributed by atoms with E-state index in [1.807, 2.05) is 11.3 Å². The molecule has 0 spiro atoms. The van der Waals surface area contributed by atoms with Gasteiger partial charge in [0.2, 0.25) is 0 Å². The third-order valence-electron chi connectivity index (χ3n) is 11.2. The predicted octanol–water partition coefficient (Wildman–Crippen LogP) is 15.6. The van der Waals surface area contributed by atoms with Gasteiger partial charge in [0.05, 0.1) is 11.0 Å². The molecule has 0 aliphatic carbocycles. The van der Waals surface area contributed by atoms with Crippen LogP contribution in [0.1, 0.15) is 0 Å². The van der Waals surface area contributed by atoms with E-state index in [9.17, 15) is 0 Å². The van der Waals surface area contributed by atoms with Gasteiger partial charge in [0.15, 0.2) is 0 Å². The van der Waals surface area contributed by atoms with Crippen molar-refractivity contribution < 1.29 is 0 Å². The Bertz CT molecular complexity index is 3200. The first kappa shape index (κ1) is 33.2. The van der Waals surface area contributed by atoms with Crippen LogP contribution in [0, 0.1) is 0 Å². The zero-order valence-electron chi connectivity index (χ0n) is 31.1. The average Bonchev–Trinajstić information content (AvgIpc) is 3.83. The lowest BCUT2D eigenvalue weighted by Gasteiger charge is -2.26. The minimum atomic E-state index is 1.11. The molecule has 0 aliphatic heterocycles. The number of hydrogen-bond acceptors (Lipinski definition) is 2. The Hall–Kier alpha value is -7.20. The first-order chi connectivity index (χ1) is 28.2. The number of nitrogens with zero attached hydrogens (tertiary/aromatic N) is 2. The van der Waals surface area contributed by atoms with E-state index in [1.54, 1.807) is 0 Å². The van der Waals surface area contributed by atoms with Crippen molar-refractivity contribution in [3.63, 3.8) is 0 Å². The third-order valence-corrected chi connectivity index (χ3v) is 12.4. The lowest BCUT2D eigenvalue weighted by Crippen LogP contribution is -2.09. The molecule has 2 heterocycles. The molecule has 0 aliphatic rings. The molecule has 9 aromatic carbocycles. The molecule has 3 heteroatoms. The predicted molar refractivity (Wildman–Crippen MR) is 245 cm³/mol. The van der Waals surface area contributed by atoms with Crippen LogP contribution in [-0.4, -0.2) is 4.57 Å². The Kier molecular flexibility index (Phi) is 8.04. The van der Waals surface area contributed by atoms with Crippen molar-refractivity contribution in [2.45, 2.75) is 0 Å². The Balaban J connectivity index is 0.982. The maximum Gasteiger partial charge on any atom is 0.0541 e. The summed E-state index contributed by atoms with van der Waals surface area (Å²) < 4.78 is 5.00. The highest BCUT2D eigenvalue weighted by molar-refractivity contribution is 7.25. The summed E-state index contributed by atoms with van der Waals surface area (Å²) in [6, 6.07) is 79.3. The highest BCUT2D eigenvalue weighted by Gasteiger charge is 2.17. The van der Waals surface area contributed by atoms with Crippen LogP contribution in [0.5, 0.6) is 0 Å². The van der Waals surface area contributed by atoms with E-state index in [2.05, 4.69) is 228 Å². The van der Waals surface area contributed by atoms with E-state index in [4.69, 9.17) is 0 Å². The second kappa shape index (κ2) is 13.8. The van der Waals surface area contributed by atoms with Crippen LogP contribution >= 0.6 is 11.3 Å². The lowest BCUT2D eigenvalue weighted by molar-refractivity contribution is 1.18. The van der Waals surface area contributed by atoms with Crippen molar-refractivity contribution in [3.8, 4) is 39.1 Å². The van der Waals surface area contributed by atoms with Crippen molar-refractivity contribution in [2.75, 3.05) is 4.90 Å². The average molecular weight is 745 g/mol. The number of fused-ring (bicyclic) bond motifs is 6. The molecule has 0 saturated carbocycles. The van der Waals surface area contributed by atoms with Gasteiger partial charge < -0.3 is 9.47 Å². The number of rotatable bonds is 7. The van der Waals surface area contributed by atoms with Crippen LogP contribution in [0.3, 0.4) is 0 Å². The first-order valence-corrected chi connectivity index (χ1v) is 20.2. The highest BCUT2D eigenvalue weighted by atomic mass is 32.1. The highest BCUT2D eigenvalue weighted by Crippen LogP contribution is 2.42. The molecular formula is C54H36N2S. The van der Waals surface area contributed by atoms with Crippen LogP contribution in [0.4, 0.5) is 17.1 Å². The number of anilines is 3. The molecule has 0 atom stereocenters. The molecule has 0 radical (unpaired) electrons. The molecule has 0 N–H and O–H groups in total. The fraction of sp³-hybridized carbons (Fsp3) is 0. The Labute approximate surface area is 335 Å². The summed E-state index contributed by atoms with van der Waals surface area (Å²) in [5.41, 5.74) is 14.2. The summed E-state index contributed by atoms with van der Waals surface area (Å²) in [5.74, 6) is 0. The maximum atomic E-state index is 2.39. The van der Waals surface area contributed by atoms with Crippen LogP contribution in [0.2, 0.25) is 0 Å². The Morgan fingerprint density at radius 2 is 0.772 bits per heavy atom. The van der Waals surface area contributed by atoms with Crippen molar-refractivity contribution in [1.82, 2.24) is 4.57 Å². The van der Waals surface area contributed by atoms with Gasteiger partial charge >= 0.3 is 0 Å². The summed E-state index contributed by atoms with van der Waals surface area (Å²) in [6.07, 6.45) is 0. The molecule has 11 rings (SSSR count). The fourth-order valence-electron chi connectivity index (χ4n) is 8.40. The van der Waals surface area contributed by atoms with Crippen LogP contribution in [-0.2, 0) is 0 Å². The van der Waals surface area contributed by atoms with E-state index in [1.165, 1.54) is 75.4 Å². The Morgan fingerprint density at radius 3 is 1.44 bits per heavy atom. The van der Waals surface area contributed by atoms with E-state index in [-0.39, 0.29) is 0 Å². The van der Waals surface area contributed by atoms with E-state index in [0.29, 0.717) is 0 Å². The molecule has 0 fully saturated rings. The van der Waals surface area contributed by atoms with Gasteiger partial charge in [-0.05, 0) is 112 Å². The monoisotopic (exact) mass is 744 g/mol. The molecule has 0 bridgehead atoms. The van der Waals surface area contributed by atoms with Crippen molar-refractivity contribution >= 4 is 70.4 Å². The number of aromatic nitrogens is 1. The van der Waals surface area contributed by atoms with E-state index >= 15 is 0 Å². The summed E-state index contributed by atoms with van der Waals surface area (Å²) >= 11 is 1.85. The standard InChI is InChI=1S/C54H36N2S/c1-3-11-37(12-4-1)39-19-26-43(27-20-39)55(46-32-34-54-50(36-46)48-16-8-10-18-53(48)57-54)44-28-23-41(24-29-44)42-25-33-52-49(35-42)47-15-7-9-17-51(47)56(52)45-30-21-40(22-31-45)38-13-5-2-6-14-38/h1-36H. The number of para-hydroxylation sites is 1. The number of hydrogen-bond donors (Lipinski definition) is 0. The molecule has 2 nitrogen and oxygen atoms in total. The fourth-order valence-corrected chi connectivity index (χ4v) is 9.49. The van der Waals surface area contributed by atoms with Gasteiger partial charge in [-0.3, -0.25) is 0 Å². The molecular weight excluding hydrogens is 709 g/mol. The maximum absolute atomic E-state index is 2.39. The zero-order valence-corrected chi connectivity index (χ0v) is 31.9. The minimum absolute atomic E-state index is 1.11. The number of thiophene rings is 1. The SMILES string of the molecule is c1ccc(-c2ccc(N(c3ccc(-c4ccc5c(c4)c4ccccc4n5-c4ccc(-c5ccccc5)cc4)cc3)c3ccc4sc5ccccc5c4c3)cc2)cc1. The smallest absolute Gasteiger partial charge is 0.0541 e. The molecule has 2 aromatic heterocycles. The molecule has 11 aromatic rings. The lowest BCUT2D eigenvalue weighted by atomic mass is 10.0. The van der Waals surface area contributed by atoms with Gasteiger partial charge in [0.25, 0.3) is 0 Å². The molecule has 268 valence electrons. The van der Waals surface area contributed by atoms with Gasteiger partial charge in [-0.25, -0.2) is 0 Å². The minimum Gasteiger partial charge on any atom is -0.310 e. The van der Waals surface area contributed by atoms with Crippen molar-refractivity contribution in [3.05, 3.63) is 218 Å². The Morgan fingerprint density at radius 1 is 0.298 bits per heavy atom. The molecule has 0 amide bonds. The summed E-state index contributed by atoms with van der Waals surface area (Å²) in [6.45, 7) is 0. The zero-order chi connectivity index (χ0) is 37.7. The third kappa shape index (κ3) is 5.88. The largest absolute Gasteiger partial charge is 0.310 e. The summed E-state index contributed by atoms with van der Waals surface area (Å²) in [5, 5.41) is 5.08. The van der Waals surface area contributed by atoms with E-state index < -0.39 is 0 Å². The summed E-state index contributed by atoms with van der Waals surface area (Å²) in [7, 11) is 0. The second-order valence-electron chi connectivity index (χ2n) is 14.6. The second-order valence-corrected chi connectivity index (χ2v) is 15.7. The van der Waals surface area contributed by atoms with Gasteiger partial charge in [-0.1, -0.05) is 140 Å². The molecule has 0 saturated heterocycles. The van der Waals surface area contributed by atoms with Gasteiger partial charge in [-0.15, -0.1) is 11.3 Å². The van der Waals surface area contributed by atoms with Gasteiger partial charge in [0, 0.05) is 53.7 Å². The van der Waals surface area contributed by atoms with Gasteiger partial charge in [0.1, 0.15) is 0 Å². The van der Waals surface area contributed by atoms with Crippen LogP contribution in [0.25, 0.3) is 81.0 Å². The van der Waals surface area contributed by atoms with Crippen LogP contribution in [0.15, 0.2) is 218 Å². The van der Waals surface area contributed by atoms with Crippen molar-refractivity contribution in [1.29, 1.82) is 0 Å². The molecule has 57 heavy (non-hydrogen) atoms. The first-order valence-electron chi connectivity index (χ1n) is 19.4. The quantitative estimate of drug-likeness (QED) is 0.158. The molecule has 0 unspecified atom stereocenters. The van der Waals surface area contributed by atoms with Crippen LogP contribution < -0.4 is 4.90 Å². The summed E-state index contributed by atoms with van der Waals surface area (Å²) in [4.78, 5) is 2.38. The normalized spacial score (nSPS) is 11.5. The van der Waals surface area contributed by atoms with E-state index in [0.717, 1.165) is 22.7 Å². The van der Waals surface area contributed by atoms with Crippen molar-refractivity contribution in [2.24, 2.45) is 0 Å².